The van der Waals surface area contributed by atoms with Gasteiger partial charge in [0.1, 0.15) is 0 Å². The summed E-state index contributed by atoms with van der Waals surface area (Å²) in [5.41, 5.74) is 2.80. The number of nitrogens with zero attached hydrogens (tertiary/aromatic N) is 2. The van der Waals surface area contributed by atoms with E-state index in [9.17, 15) is 0 Å². The summed E-state index contributed by atoms with van der Waals surface area (Å²) in [5, 5.41) is 1.14. The molecule has 0 bridgehead atoms. The average molecular weight is 339 g/mol. The van der Waals surface area contributed by atoms with Gasteiger partial charge in [-0.05, 0) is 43.9 Å². The van der Waals surface area contributed by atoms with Crippen LogP contribution in [0.4, 0.5) is 0 Å². The largest absolute Gasteiger partial charge is 0.297 e. The summed E-state index contributed by atoms with van der Waals surface area (Å²) in [5.74, 6) is 0. The number of pyridine rings is 1. The molecule has 1 aromatic rings. The Morgan fingerprint density at radius 3 is 2.60 bits per heavy atom. The van der Waals surface area contributed by atoms with Crippen molar-refractivity contribution in [3.63, 3.8) is 0 Å². The zero-order valence-electron chi connectivity index (χ0n) is 12.9. The number of rotatable bonds is 6. The molecule has 3 heteroatoms. The number of hydrogen-bond donors (Lipinski definition) is 0. The van der Waals surface area contributed by atoms with Crippen LogP contribution in [-0.4, -0.2) is 28.3 Å². The Morgan fingerprint density at radius 1 is 1.25 bits per heavy atom. The zero-order chi connectivity index (χ0) is 14.4. The Bertz CT molecular complexity index is 413. The summed E-state index contributed by atoms with van der Waals surface area (Å²) < 4.78 is 0. The lowest BCUT2D eigenvalue weighted by molar-refractivity contribution is 0.125. The molecule has 1 fully saturated rings. The molecule has 2 nitrogen and oxygen atoms in total. The van der Waals surface area contributed by atoms with Crippen LogP contribution in [0.25, 0.3) is 0 Å². The molecule has 0 atom stereocenters. The highest BCUT2D eigenvalue weighted by molar-refractivity contribution is 9.09. The Morgan fingerprint density at radius 2 is 2.00 bits per heavy atom. The van der Waals surface area contributed by atoms with Crippen molar-refractivity contribution in [1.29, 1.82) is 0 Å². The van der Waals surface area contributed by atoms with Gasteiger partial charge in [0.25, 0.3) is 0 Å². The van der Waals surface area contributed by atoms with E-state index >= 15 is 0 Å². The number of aryl methyl sites for hydroxylation is 1. The highest BCUT2D eigenvalue weighted by Crippen LogP contribution is 2.38. The first-order valence-electron chi connectivity index (χ1n) is 7.88. The van der Waals surface area contributed by atoms with Gasteiger partial charge in [0.15, 0.2) is 0 Å². The fourth-order valence-corrected chi connectivity index (χ4v) is 4.04. The van der Waals surface area contributed by atoms with E-state index in [1.165, 1.54) is 44.3 Å². The summed E-state index contributed by atoms with van der Waals surface area (Å²) in [7, 11) is 0. The third-order valence-electron chi connectivity index (χ3n) is 4.54. The van der Waals surface area contributed by atoms with Crippen LogP contribution < -0.4 is 0 Å². The minimum Gasteiger partial charge on any atom is -0.297 e. The molecule has 0 aliphatic heterocycles. The van der Waals surface area contributed by atoms with E-state index < -0.39 is 0 Å². The van der Waals surface area contributed by atoms with Crippen molar-refractivity contribution in [1.82, 2.24) is 9.88 Å². The van der Waals surface area contributed by atoms with Gasteiger partial charge in [0.2, 0.25) is 0 Å². The molecule has 0 aromatic carbocycles. The maximum absolute atomic E-state index is 4.65. The van der Waals surface area contributed by atoms with Crippen molar-refractivity contribution in [3.8, 4) is 0 Å². The third-order valence-corrected chi connectivity index (χ3v) is 5.73. The number of alkyl halides is 1. The Hall–Kier alpha value is -0.410. The normalized spacial score (nSPS) is 18.4. The van der Waals surface area contributed by atoms with Crippen molar-refractivity contribution < 1.29 is 0 Å². The molecule has 1 heterocycles. The highest BCUT2D eigenvalue weighted by Gasteiger charge is 2.32. The van der Waals surface area contributed by atoms with Gasteiger partial charge in [-0.2, -0.15) is 0 Å². The summed E-state index contributed by atoms with van der Waals surface area (Å²) >= 11 is 3.78. The first-order valence-corrected chi connectivity index (χ1v) is 9.00. The fraction of sp³-hybridized carbons (Fsp3) is 0.706. The van der Waals surface area contributed by atoms with Crippen LogP contribution in [0.5, 0.6) is 0 Å². The first kappa shape index (κ1) is 16.0. The average Bonchev–Trinajstić information content (AvgIpc) is 2.47. The molecule has 1 aromatic heterocycles. The van der Waals surface area contributed by atoms with Crippen molar-refractivity contribution in [2.24, 2.45) is 5.41 Å². The van der Waals surface area contributed by atoms with Gasteiger partial charge < -0.3 is 0 Å². The predicted octanol–water partition coefficient (Wildman–Crippen LogP) is 4.56. The molecule has 20 heavy (non-hydrogen) atoms. The summed E-state index contributed by atoms with van der Waals surface area (Å²) in [6.45, 7) is 7.61. The monoisotopic (exact) mass is 338 g/mol. The van der Waals surface area contributed by atoms with Gasteiger partial charge in [-0.15, -0.1) is 0 Å². The Labute approximate surface area is 132 Å². The fourth-order valence-electron chi connectivity index (χ4n) is 3.31. The molecular formula is C17H27BrN2. The number of aromatic nitrogens is 1. The van der Waals surface area contributed by atoms with Crippen LogP contribution in [0.15, 0.2) is 18.2 Å². The molecule has 1 aliphatic carbocycles. The van der Waals surface area contributed by atoms with Crippen molar-refractivity contribution in [3.05, 3.63) is 29.6 Å². The highest BCUT2D eigenvalue weighted by atomic mass is 79.9. The van der Waals surface area contributed by atoms with Crippen molar-refractivity contribution in [2.75, 3.05) is 18.4 Å². The zero-order valence-corrected chi connectivity index (χ0v) is 14.5. The Kier molecular flexibility index (Phi) is 6.03. The van der Waals surface area contributed by atoms with Crippen molar-refractivity contribution in [2.45, 2.75) is 52.5 Å². The van der Waals surface area contributed by atoms with Gasteiger partial charge >= 0.3 is 0 Å². The number of halogens is 1. The lowest BCUT2D eigenvalue weighted by Gasteiger charge is -2.39. The topological polar surface area (TPSA) is 16.1 Å². The van der Waals surface area contributed by atoms with Gasteiger partial charge in [-0.3, -0.25) is 9.88 Å². The molecule has 112 valence electrons. The molecule has 0 radical (unpaired) electrons. The maximum atomic E-state index is 4.65. The van der Waals surface area contributed by atoms with Crippen LogP contribution in [0.1, 0.15) is 50.4 Å². The first-order chi connectivity index (χ1) is 9.67. The lowest BCUT2D eigenvalue weighted by atomic mass is 9.75. The quantitative estimate of drug-likeness (QED) is 0.707. The van der Waals surface area contributed by atoms with E-state index in [-0.39, 0.29) is 0 Å². The van der Waals surface area contributed by atoms with Gasteiger partial charge in [0.05, 0.1) is 5.69 Å². The molecule has 0 spiro atoms. The minimum atomic E-state index is 0.484. The van der Waals surface area contributed by atoms with Crippen LogP contribution in [0.3, 0.4) is 0 Å². The molecule has 1 aliphatic rings. The van der Waals surface area contributed by atoms with Crippen LogP contribution in [0.2, 0.25) is 0 Å². The van der Waals surface area contributed by atoms with E-state index in [0.29, 0.717) is 5.41 Å². The van der Waals surface area contributed by atoms with Gasteiger partial charge in [-0.1, -0.05) is 48.2 Å². The summed E-state index contributed by atoms with van der Waals surface area (Å²) in [6, 6.07) is 6.34. The van der Waals surface area contributed by atoms with E-state index in [2.05, 4.69) is 57.9 Å². The Balaban J connectivity index is 2.00. The molecule has 0 amide bonds. The molecule has 1 saturated carbocycles. The molecule has 0 N–H and O–H groups in total. The van der Waals surface area contributed by atoms with E-state index in [0.717, 1.165) is 24.1 Å². The molecule has 2 rings (SSSR count). The van der Waals surface area contributed by atoms with Crippen LogP contribution in [-0.2, 0) is 6.54 Å². The van der Waals surface area contributed by atoms with E-state index in [4.69, 9.17) is 0 Å². The van der Waals surface area contributed by atoms with Gasteiger partial charge in [-0.25, -0.2) is 0 Å². The van der Waals surface area contributed by atoms with E-state index in [1.54, 1.807) is 0 Å². The van der Waals surface area contributed by atoms with Crippen molar-refractivity contribution >= 4 is 15.9 Å². The summed E-state index contributed by atoms with van der Waals surface area (Å²) in [6.07, 6.45) is 6.95. The SMILES string of the molecule is CCN(Cc1cccc(C)n1)CC1(CBr)CCCCC1. The number of hydrogen-bond acceptors (Lipinski definition) is 2. The molecule has 0 unspecified atom stereocenters. The standard InChI is InChI=1S/C17H27BrN2/c1-3-20(12-16-9-7-8-15(2)19-16)14-17(13-18)10-5-4-6-11-17/h7-9H,3-6,10-14H2,1-2H3. The molecule has 0 saturated heterocycles. The second-order valence-electron chi connectivity index (χ2n) is 6.27. The lowest BCUT2D eigenvalue weighted by Crippen LogP contribution is -2.40. The third kappa shape index (κ3) is 4.29. The van der Waals surface area contributed by atoms with Gasteiger partial charge in [0, 0.05) is 24.1 Å². The van der Waals surface area contributed by atoms with E-state index in [1.807, 2.05) is 0 Å². The predicted molar refractivity (Wildman–Crippen MR) is 89.2 cm³/mol. The summed E-state index contributed by atoms with van der Waals surface area (Å²) in [4.78, 5) is 7.21. The second-order valence-corrected chi connectivity index (χ2v) is 6.83. The minimum absolute atomic E-state index is 0.484. The maximum Gasteiger partial charge on any atom is 0.0547 e. The van der Waals surface area contributed by atoms with Crippen LogP contribution >= 0.6 is 15.9 Å². The smallest absolute Gasteiger partial charge is 0.0547 e. The van der Waals surface area contributed by atoms with Crippen LogP contribution in [0, 0.1) is 12.3 Å². The second kappa shape index (κ2) is 7.56. The molecular weight excluding hydrogens is 312 g/mol.